The number of halogens is 3. The summed E-state index contributed by atoms with van der Waals surface area (Å²) < 4.78 is 43.5. The van der Waals surface area contributed by atoms with Crippen LogP contribution in [-0.2, 0) is 22.7 Å². The van der Waals surface area contributed by atoms with Gasteiger partial charge in [0.1, 0.15) is 12.4 Å². The number of benzene rings is 1. The maximum absolute atomic E-state index is 12.3. The average Bonchev–Trinajstić information content (AvgIpc) is 2.81. The second kappa shape index (κ2) is 6.69. The maximum atomic E-state index is 12.3. The van der Waals surface area contributed by atoms with Crippen molar-refractivity contribution in [1.29, 1.82) is 0 Å². The summed E-state index contributed by atoms with van der Waals surface area (Å²) in [4.78, 5) is 18.5. The summed E-state index contributed by atoms with van der Waals surface area (Å²) in [5.41, 5.74) is 1.49. The van der Waals surface area contributed by atoms with E-state index in [9.17, 15) is 18.0 Å². The zero-order valence-corrected chi connectivity index (χ0v) is 12.4. The minimum absolute atomic E-state index is 0.101. The lowest BCUT2D eigenvalue weighted by Gasteiger charge is -2.10. The number of aryl methyl sites for hydroxylation is 1. The molecule has 2 aromatic rings. The molecule has 0 amide bonds. The zero-order valence-electron chi connectivity index (χ0n) is 12.4. The quantitative estimate of drug-likeness (QED) is 0.617. The van der Waals surface area contributed by atoms with Crippen molar-refractivity contribution in [3.05, 3.63) is 35.4 Å². The van der Waals surface area contributed by atoms with Crippen molar-refractivity contribution in [2.75, 3.05) is 0 Å². The Kier molecular flexibility index (Phi) is 4.89. The van der Waals surface area contributed by atoms with Gasteiger partial charge in [0.05, 0.1) is 17.6 Å². The Hall–Kier alpha value is -2.56. The third-order valence-electron chi connectivity index (χ3n) is 3.19. The fourth-order valence-corrected chi connectivity index (χ4v) is 2.20. The number of aromatic nitrogens is 2. The number of hydrogen-bond donors (Lipinski definition) is 0. The molecular weight excluding hydrogens is 311 g/mol. The highest BCUT2D eigenvalue weighted by Gasteiger charge is 2.26. The molecule has 0 saturated carbocycles. The lowest BCUT2D eigenvalue weighted by Crippen LogP contribution is -2.12. The van der Waals surface area contributed by atoms with E-state index in [4.69, 9.17) is 11.3 Å². The lowest BCUT2D eigenvalue weighted by molar-refractivity contribution is -0.142. The summed E-state index contributed by atoms with van der Waals surface area (Å²) in [6.07, 6.45) is -5.23. The van der Waals surface area contributed by atoms with E-state index in [0.29, 0.717) is 22.5 Å². The van der Waals surface area contributed by atoms with Gasteiger partial charge >= 0.3 is 12.1 Å². The number of imidazole rings is 1. The summed E-state index contributed by atoms with van der Waals surface area (Å²) in [5, 5.41) is 0. The topological polar surface area (TPSA) is 48.5 Å². The minimum Gasteiger partial charge on any atom is -0.458 e. The third kappa shape index (κ3) is 4.45. The van der Waals surface area contributed by atoms with Gasteiger partial charge in [-0.1, -0.05) is 6.07 Å². The molecule has 1 heterocycles. The van der Waals surface area contributed by atoms with Crippen molar-refractivity contribution >= 4 is 22.7 Å². The van der Waals surface area contributed by atoms with Crippen LogP contribution in [0.4, 0.5) is 18.9 Å². The van der Waals surface area contributed by atoms with Crippen molar-refractivity contribution in [3.63, 3.8) is 0 Å². The van der Waals surface area contributed by atoms with Crippen molar-refractivity contribution < 1.29 is 22.7 Å². The third-order valence-corrected chi connectivity index (χ3v) is 3.19. The van der Waals surface area contributed by atoms with Crippen LogP contribution >= 0.6 is 0 Å². The van der Waals surface area contributed by atoms with Gasteiger partial charge in [0.25, 0.3) is 0 Å². The van der Waals surface area contributed by atoms with Crippen LogP contribution in [-0.4, -0.2) is 21.7 Å². The van der Waals surface area contributed by atoms with Gasteiger partial charge in [0.2, 0.25) is 0 Å². The molecule has 5 nitrogen and oxygen atoms in total. The molecule has 0 aliphatic carbocycles. The van der Waals surface area contributed by atoms with Gasteiger partial charge in [0, 0.05) is 19.9 Å². The zero-order chi connectivity index (χ0) is 17.0. The smallest absolute Gasteiger partial charge is 0.389 e. The molecule has 23 heavy (non-hydrogen) atoms. The number of alkyl halides is 3. The number of carbonyl (C=O) groups excluding carboxylic acids is 1. The number of hydrogen-bond acceptors (Lipinski definition) is 3. The fraction of sp³-hybridized carbons (Fsp3) is 0.400. The Morgan fingerprint density at radius 3 is 2.78 bits per heavy atom. The molecule has 122 valence electrons. The predicted molar refractivity (Wildman–Crippen MR) is 76.8 cm³/mol. The van der Waals surface area contributed by atoms with Crippen LogP contribution in [0.1, 0.15) is 25.6 Å². The number of fused-ring (bicyclic) bond motifs is 1. The molecule has 0 unspecified atom stereocenters. The molecule has 0 aliphatic rings. The number of nitrogens with zero attached hydrogens (tertiary/aromatic N) is 3. The largest absolute Gasteiger partial charge is 0.458 e. The van der Waals surface area contributed by atoms with E-state index < -0.39 is 18.6 Å². The normalized spacial score (nSPS) is 11.4. The van der Waals surface area contributed by atoms with Crippen molar-refractivity contribution in [2.24, 2.45) is 0 Å². The highest BCUT2D eigenvalue weighted by Crippen LogP contribution is 2.25. The molecular formula is C15H14F3N3O2. The standard InChI is InChI=1S/C15H14F3N3O2/c1-10(22)23-9-14-20-12-8-11(19-2)4-5-13(12)21(14)7-3-6-15(16,17)18/h4-5,8H,3,6-7,9H2,1H3. The Labute approximate surface area is 130 Å². The number of ether oxygens (including phenoxy) is 1. The first-order valence-electron chi connectivity index (χ1n) is 6.87. The van der Waals surface area contributed by atoms with Crippen LogP contribution in [0.5, 0.6) is 0 Å². The van der Waals surface area contributed by atoms with Crippen LogP contribution < -0.4 is 0 Å². The molecule has 0 aliphatic heterocycles. The van der Waals surface area contributed by atoms with Crippen LogP contribution in [0.15, 0.2) is 18.2 Å². The van der Waals surface area contributed by atoms with E-state index in [1.165, 1.54) is 6.92 Å². The Morgan fingerprint density at radius 2 is 2.17 bits per heavy atom. The van der Waals surface area contributed by atoms with Crippen molar-refractivity contribution in [2.45, 2.75) is 39.1 Å². The Bertz CT molecular complexity index is 760. The van der Waals surface area contributed by atoms with Crippen molar-refractivity contribution in [1.82, 2.24) is 9.55 Å². The molecule has 8 heteroatoms. The molecule has 0 saturated heterocycles. The van der Waals surface area contributed by atoms with Crippen LogP contribution in [0, 0.1) is 6.57 Å². The van der Waals surface area contributed by atoms with Gasteiger partial charge < -0.3 is 9.30 Å². The summed E-state index contributed by atoms with van der Waals surface area (Å²) in [5.74, 6) is -0.139. The summed E-state index contributed by atoms with van der Waals surface area (Å²) in [7, 11) is 0. The van der Waals surface area contributed by atoms with E-state index in [0.717, 1.165) is 0 Å². The number of esters is 1. The van der Waals surface area contributed by atoms with Gasteiger partial charge in [-0.25, -0.2) is 9.83 Å². The van der Waals surface area contributed by atoms with Crippen molar-refractivity contribution in [3.8, 4) is 0 Å². The highest BCUT2D eigenvalue weighted by atomic mass is 19.4. The van der Waals surface area contributed by atoms with E-state index in [2.05, 4.69) is 9.83 Å². The summed E-state index contributed by atoms with van der Waals surface area (Å²) >= 11 is 0. The van der Waals surface area contributed by atoms with E-state index in [-0.39, 0.29) is 19.6 Å². The van der Waals surface area contributed by atoms with Gasteiger partial charge in [-0.15, -0.1) is 0 Å². The van der Waals surface area contributed by atoms with Gasteiger partial charge in [-0.05, 0) is 18.6 Å². The SMILES string of the molecule is [C-]#[N+]c1ccc2c(c1)nc(COC(C)=O)n2CCCC(F)(F)F. The minimum atomic E-state index is -4.22. The van der Waals surface area contributed by atoms with E-state index >= 15 is 0 Å². The fourth-order valence-electron chi connectivity index (χ4n) is 2.20. The molecule has 1 aromatic carbocycles. The highest BCUT2D eigenvalue weighted by molar-refractivity contribution is 5.80. The van der Waals surface area contributed by atoms with Crippen LogP contribution in [0.25, 0.3) is 15.9 Å². The number of rotatable bonds is 5. The first-order valence-corrected chi connectivity index (χ1v) is 6.87. The van der Waals surface area contributed by atoms with Crippen LogP contribution in [0.3, 0.4) is 0 Å². The summed E-state index contributed by atoms with van der Waals surface area (Å²) in [6.45, 7) is 8.22. The molecule has 2 rings (SSSR count). The Morgan fingerprint density at radius 1 is 1.43 bits per heavy atom. The predicted octanol–water partition coefficient (Wildman–Crippen LogP) is 3.99. The first kappa shape index (κ1) is 16.8. The second-order valence-electron chi connectivity index (χ2n) is 4.96. The van der Waals surface area contributed by atoms with Gasteiger partial charge in [-0.3, -0.25) is 4.79 Å². The van der Waals surface area contributed by atoms with E-state index in [1.54, 1.807) is 22.8 Å². The lowest BCUT2D eigenvalue weighted by atomic mass is 10.2. The first-order chi connectivity index (χ1) is 10.8. The maximum Gasteiger partial charge on any atom is 0.389 e. The van der Waals surface area contributed by atoms with Gasteiger partial charge in [0.15, 0.2) is 5.69 Å². The molecule has 0 bridgehead atoms. The molecule has 1 aromatic heterocycles. The van der Waals surface area contributed by atoms with E-state index in [1.807, 2.05) is 0 Å². The molecule has 0 fully saturated rings. The second-order valence-corrected chi connectivity index (χ2v) is 4.96. The Balaban J connectivity index is 2.31. The van der Waals surface area contributed by atoms with Crippen LogP contribution in [0.2, 0.25) is 0 Å². The summed E-state index contributed by atoms with van der Waals surface area (Å²) in [6, 6.07) is 4.77. The number of carbonyl (C=O) groups is 1. The molecule has 0 spiro atoms. The molecule has 0 radical (unpaired) electrons. The average molecular weight is 325 g/mol. The van der Waals surface area contributed by atoms with Gasteiger partial charge in [-0.2, -0.15) is 13.2 Å². The molecule has 0 N–H and O–H groups in total. The molecule has 0 atom stereocenters. The monoisotopic (exact) mass is 325 g/mol.